The van der Waals surface area contributed by atoms with Gasteiger partial charge >= 0.3 is 0 Å². The minimum absolute atomic E-state index is 0.268. The Morgan fingerprint density at radius 3 is 2.76 bits per heavy atom. The molecule has 0 unspecified atom stereocenters. The van der Waals surface area contributed by atoms with E-state index in [2.05, 4.69) is 21.1 Å². The standard InChI is InChI=1S/C10H11FN4OS/c11-17-6-5-16-9-3-1-8(2-4-9)10-14-12-7-13-15-10/h1-4,7H,5-6H2,(H,12,13)(H,14,15). The fourth-order valence-corrected chi connectivity index (χ4v) is 1.42. The molecule has 0 saturated heterocycles. The van der Waals surface area contributed by atoms with Crippen molar-refractivity contribution in [2.75, 3.05) is 12.4 Å². The Kier molecular flexibility index (Phi) is 4.20. The van der Waals surface area contributed by atoms with E-state index in [0.29, 0.717) is 23.9 Å². The van der Waals surface area contributed by atoms with E-state index in [4.69, 9.17) is 4.74 Å². The monoisotopic (exact) mass is 254 g/mol. The zero-order valence-electron chi connectivity index (χ0n) is 8.89. The number of hydrazone groups is 2. The number of nitrogens with zero attached hydrogens (tertiary/aromatic N) is 2. The Hall–Kier alpha value is -1.76. The second-order valence-electron chi connectivity index (χ2n) is 3.15. The van der Waals surface area contributed by atoms with Crippen LogP contribution in [-0.4, -0.2) is 24.5 Å². The van der Waals surface area contributed by atoms with E-state index in [1.165, 1.54) is 6.34 Å². The molecule has 1 aromatic carbocycles. The first-order valence-electron chi connectivity index (χ1n) is 4.97. The van der Waals surface area contributed by atoms with Crippen LogP contribution in [0.4, 0.5) is 3.89 Å². The lowest BCUT2D eigenvalue weighted by molar-refractivity contribution is 0.343. The summed E-state index contributed by atoms with van der Waals surface area (Å²) in [6, 6.07) is 7.32. The van der Waals surface area contributed by atoms with E-state index in [9.17, 15) is 3.89 Å². The molecule has 1 aliphatic heterocycles. The molecule has 0 saturated carbocycles. The lowest BCUT2D eigenvalue weighted by Gasteiger charge is -2.10. The molecule has 0 aromatic heterocycles. The third-order valence-electron chi connectivity index (χ3n) is 2.03. The molecule has 2 rings (SSSR count). The maximum Gasteiger partial charge on any atom is 0.173 e. The van der Waals surface area contributed by atoms with Gasteiger partial charge in [-0.05, 0) is 24.3 Å². The molecule has 0 radical (unpaired) electrons. The SMILES string of the molecule is FSCCOc1ccc(C2=NNC=NN2)cc1. The van der Waals surface area contributed by atoms with Gasteiger partial charge in [-0.25, -0.2) is 0 Å². The number of hydrogen-bond acceptors (Lipinski definition) is 6. The summed E-state index contributed by atoms with van der Waals surface area (Å²) in [5.41, 5.74) is 6.31. The van der Waals surface area contributed by atoms with Crippen LogP contribution in [0.5, 0.6) is 5.75 Å². The first-order valence-corrected chi connectivity index (χ1v) is 5.86. The van der Waals surface area contributed by atoms with Gasteiger partial charge in [0.15, 0.2) is 5.84 Å². The largest absolute Gasteiger partial charge is 0.493 e. The Bertz CT molecular complexity index is 421. The topological polar surface area (TPSA) is 58.0 Å². The smallest absolute Gasteiger partial charge is 0.173 e. The lowest BCUT2D eigenvalue weighted by Crippen LogP contribution is -2.27. The van der Waals surface area contributed by atoms with E-state index in [-0.39, 0.29) is 12.1 Å². The van der Waals surface area contributed by atoms with Gasteiger partial charge in [0, 0.05) is 17.7 Å². The normalized spacial score (nSPS) is 13.6. The van der Waals surface area contributed by atoms with Gasteiger partial charge in [-0.2, -0.15) is 14.1 Å². The van der Waals surface area contributed by atoms with Gasteiger partial charge in [-0.15, -0.1) is 0 Å². The molecule has 5 nitrogen and oxygen atoms in total. The van der Waals surface area contributed by atoms with Crippen LogP contribution in [0.2, 0.25) is 0 Å². The van der Waals surface area contributed by atoms with E-state index < -0.39 is 0 Å². The van der Waals surface area contributed by atoms with Crippen molar-refractivity contribution < 1.29 is 8.62 Å². The molecule has 2 N–H and O–H groups in total. The fraction of sp³-hybridized carbons (Fsp3) is 0.200. The van der Waals surface area contributed by atoms with Gasteiger partial charge in [0.2, 0.25) is 0 Å². The molecular formula is C10H11FN4OS. The second kappa shape index (κ2) is 6.09. The third kappa shape index (κ3) is 3.35. The molecule has 90 valence electrons. The quantitative estimate of drug-likeness (QED) is 0.781. The van der Waals surface area contributed by atoms with Crippen LogP contribution in [0.25, 0.3) is 0 Å². The Morgan fingerprint density at radius 2 is 2.12 bits per heavy atom. The summed E-state index contributed by atoms with van der Waals surface area (Å²) in [6.45, 7) is 0.353. The van der Waals surface area contributed by atoms with E-state index in [1.54, 1.807) is 12.1 Å². The highest BCUT2D eigenvalue weighted by Gasteiger charge is 2.04. The third-order valence-corrected chi connectivity index (χ3v) is 2.35. The summed E-state index contributed by atoms with van der Waals surface area (Å²) in [6.07, 6.45) is 1.45. The average Bonchev–Trinajstić information content (AvgIpc) is 2.41. The number of hydrogen-bond donors (Lipinski definition) is 2. The zero-order chi connectivity index (χ0) is 11.9. The van der Waals surface area contributed by atoms with Gasteiger partial charge in [-0.1, -0.05) is 0 Å². The van der Waals surface area contributed by atoms with E-state index >= 15 is 0 Å². The molecule has 0 spiro atoms. The number of ether oxygens (including phenoxy) is 1. The summed E-state index contributed by atoms with van der Waals surface area (Å²) in [7, 11) is 0. The van der Waals surface area contributed by atoms with Gasteiger partial charge in [0.1, 0.15) is 12.1 Å². The summed E-state index contributed by atoms with van der Waals surface area (Å²) in [5.74, 6) is 1.67. The molecule has 1 heterocycles. The van der Waals surface area contributed by atoms with Crippen LogP contribution in [0.1, 0.15) is 5.56 Å². The van der Waals surface area contributed by atoms with Crippen LogP contribution in [0.3, 0.4) is 0 Å². The molecule has 0 atom stereocenters. The number of amidine groups is 1. The van der Waals surface area contributed by atoms with Crippen molar-refractivity contribution >= 4 is 24.3 Å². The van der Waals surface area contributed by atoms with Crippen LogP contribution < -0.4 is 15.6 Å². The predicted molar refractivity (Wildman–Crippen MR) is 66.8 cm³/mol. The van der Waals surface area contributed by atoms with Crippen molar-refractivity contribution in [2.24, 2.45) is 10.2 Å². The molecule has 17 heavy (non-hydrogen) atoms. The minimum Gasteiger partial charge on any atom is -0.493 e. The fourth-order valence-electron chi connectivity index (χ4n) is 1.27. The van der Waals surface area contributed by atoms with Gasteiger partial charge in [0.05, 0.1) is 12.4 Å². The van der Waals surface area contributed by atoms with Crippen molar-refractivity contribution in [3.05, 3.63) is 29.8 Å². The minimum atomic E-state index is 0.268. The van der Waals surface area contributed by atoms with E-state index in [0.717, 1.165) is 5.56 Å². The molecular weight excluding hydrogens is 243 g/mol. The maximum absolute atomic E-state index is 11.8. The molecule has 0 aliphatic carbocycles. The lowest BCUT2D eigenvalue weighted by atomic mass is 10.2. The van der Waals surface area contributed by atoms with Crippen molar-refractivity contribution in [2.45, 2.75) is 0 Å². The molecule has 0 fully saturated rings. The summed E-state index contributed by atoms with van der Waals surface area (Å²) in [4.78, 5) is 0. The van der Waals surface area contributed by atoms with Gasteiger partial charge < -0.3 is 4.74 Å². The Balaban J connectivity index is 1.95. The maximum atomic E-state index is 11.8. The Labute approximate surface area is 102 Å². The van der Waals surface area contributed by atoms with Crippen molar-refractivity contribution in [1.82, 2.24) is 10.9 Å². The molecule has 0 amide bonds. The highest BCUT2D eigenvalue weighted by Crippen LogP contribution is 2.13. The van der Waals surface area contributed by atoms with Crippen LogP contribution in [0.15, 0.2) is 34.5 Å². The summed E-state index contributed by atoms with van der Waals surface area (Å²) >= 11 is 0.268. The predicted octanol–water partition coefficient (Wildman–Crippen LogP) is 1.48. The first kappa shape index (κ1) is 11.7. The van der Waals surface area contributed by atoms with E-state index in [1.807, 2.05) is 12.1 Å². The van der Waals surface area contributed by atoms with Crippen molar-refractivity contribution in [3.63, 3.8) is 0 Å². The van der Waals surface area contributed by atoms with Crippen LogP contribution >= 0.6 is 12.1 Å². The highest BCUT2D eigenvalue weighted by molar-refractivity contribution is 7.94. The Morgan fingerprint density at radius 1 is 1.29 bits per heavy atom. The molecule has 7 heteroatoms. The number of rotatable bonds is 5. The molecule has 1 aromatic rings. The number of halogens is 1. The first-order chi connectivity index (χ1) is 8.40. The van der Waals surface area contributed by atoms with Gasteiger partial charge in [-0.3, -0.25) is 10.9 Å². The van der Waals surface area contributed by atoms with Crippen molar-refractivity contribution in [3.8, 4) is 5.75 Å². The van der Waals surface area contributed by atoms with Crippen molar-refractivity contribution in [1.29, 1.82) is 0 Å². The molecule has 0 bridgehead atoms. The summed E-state index contributed by atoms with van der Waals surface area (Å²) in [5, 5.41) is 7.84. The number of nitrogens with one attached hydrogen (secondary N) is 2. The second-order valence-corrected chi connectivity index (χ2v) is 3.77. The highest BCUT2D eigenvalue weighted by atomic mass is 32.2. The average molecular weight is 254 g/mol. The van der Waals surface area contributed by atoms with Crippen LogP contribution in [-0.2, 0) is 0 Å². The van der Waals surface area contributed by atoms with Gasteiger partial charge in [0.25, 0.3) is 0 Å². The van der Waals surface area contributed by atoms with Crippen LogP contribution in [0, 0.1) is 0 Å². The molecule has 1 aliphatic rings. The number of benzene rings is 1. The zero-order valence-corrected chi connectivity index (χ0v) is 9.71. The summed E-state index contributed by atoms with van der Waals surface area (Å²) < 4.78 is 17.1.